The monoisotopic (exact) mass is 179 g/mol. The molecule has 72 valence electrons. The summed E-state index contributed by atoms with van der Waals surface area (Å²) >= 11 is 0. The van der Waals surface area contributed by atoms with E-state index in [1.54, 1.807) is 0 Å². The Kier molecular flexibility index (Phi) is 2.36. The van der Waals surface area contributed by atoms with Crippen LogP contribution in [0.5, 0.6) is 0 Å². The average Bonchev–Trinajstić information content (AvgIpc) is 2.71. The maximum atomic E-state index is 5.89. The van der Waals surface area contributed by atoms with Crippen LogP contribution in [0.15, 0.2) is 12.4 Å². The summed E-state index contributed by atoms with van der Waals surface area (Å²) in [5.74, 6) is 1.83. The molecule has 1 aliphatic carbocycles. The van der Waals surface area contributed by atoms with Crippen molar-refractivity contribution in [2.45, 2.75) is 44.7 Å². The molecule has 2 atom stereocenters. The third-order valence-electron chi connectivity index (χ3n) is 2.93. The van der Waals surface area contributed by atoms with Gasteiger partial charge in [-0.2, -0.15) is 0 Å². The largest absolute Gasteiger partial charge is 0.335 e. The smallest absolute Gasteiger partial charge is 0.111 e. The van der Waals surface area contributed by atoms with Crippen molar-refractivity contribution < 1.29 is 0 Å². The second-order valence-electron chi connectivity index (χ2n) is 3.84. The summed E-state index contributed by atoms with van der Waals surface area (Å²) in [6.45, 7) is 3.17. The van der Waals surface area contributed by atoms with E-state index in [0.717, 1.165) is 19.4 Å². The van der Waals surface area contributed by atoms with Gasteiger partial charge in [0, 0.05) is 30.9 Å². The first-order chi connectivity index (χ1) is 6.31. The molecule has 13 heavy (non-hydrogen) atoms. The van der Waals surface area contributed by atoms with Crippen molar-refractivity contribution in [2.24, 2.45) is 5.73 Å². The van der Waals surface area contributed by atoms with Crippen molar-refractivity contribution >= 4 is 0 Å². The quantitative estimate of drug-likeness (QED) is 0.747. The molecule has 1 heterocycles. The first-order valence-electron chi connectivity index (χ1n) is 5.08. The topological polar surface area (TPSA) is 43.8 Å². The van der Waals surface area contributed by atoms with Gasteiger partial charge in [0.05, 0.1) is 0 Å². The van der Waals surface area contributed by atoms with Crippen LogP contribution in [0.2, 0.25) is 0 Å². The number of aromatic nitrogens is 2. The van der Waals surface area contributed by atoms with Crippen molar-refractivity contribution in [2.75, 3.05) is 0 Å². The van der Waals surface area contributed by atoms with Gasteiger partial charge < -0.3 is 10.3 Å². The van der Waals surface area contributed by atoms with Crippen LogP contribution in [0, 0.1) is 0 Å². The van der Waals surface area contributed by atoms with Gasteiger partial charge in [0.15, 0.2) is 0 Å². The standard InChI is InChI=1S/C10H17N3/c1-2-13-6-5-12-10(13)8-3-4-9(11)7-8/h5-6,8-9H,2-4,7,11H2,1H3/t8-,9-/m0/s1. The van der Waals surface area contributed by atoms with Crippen LogP contribution in [-0.4, -0.2) is 15.6 Å². The normalized spacial score (nSPS) is 28.2. The number of hydrogen-bond donors (Lipinski definition) is 1. The van der Waals surface area contributed by atoms with Crippen LogP contribution >= 0.6 is 0 Å². The van der Waals surface area contributed by atoms with Gasteiger partial charge in [-0.3, -0.25) is 0 Å². The molecule has 0 saturated heterocycles. The highest BCUT2D eigenvalue weighted by Gasteiger charge is 2.25. The van der Waals surface area contributed by atoms with E-state index in [4.69, 9.17) is 5.73 Å². The zero-order valence-corrected chi connectivity index (χ0v) is 8.11. The Hall–Kier alpha value is -0.830. The van der Waals surface area contributed by atoms with Crippen molar-refractivity contribution in [1.29, 1.82) is 0 Å². The summed E-state index contributed by atoms with van der Waals surface area (Å²) in [7, 11) is 0. The molecule has 3 nitrogen and oxygen atoms in total. The van der Waals surface area contributed by atoms with E-state index >= 15 is 0 Å². The van der Waals surface area contributed by atoms with Crippen molar-refractivity contribution in [3.63, 3.8) is 0 Å². The summed E-state index contributed by atoms with van der Waals surface area (Å²) in [5.41, 5.74) is 5.89. The number of aryl methyl sites for hydroxylation is 1. The Balaban J connectivity index is 2.16. The molecule has 0 amide bonds. The Labute approximate surface area is 79.0 Å². The fourth-order valence-corrected chi connectivity index (χ4v) is 2.20. The molecule has 1 fully saturated rings. The SMILES string of the molecule is CCn1ccnc1[C@H]1CC[C@H](N)C1. The molecule has 0 radical (unpaired) electrons. The van der Waals surface area contributed by atoms with Crippen molar-refractivity contribution in [3.8, 4) is 0 Å². The Morgan fingerprint density at radius 2 is 2.46 bits per heavy atom. The van der Waals surface area contributed by atoms with Crippen molar-refractivity contribution in [1.82, 2.24) is 9.55 Å². The third-order valence-corrected chi connectivity index (χ3v) is 2.93. The van der Waals surface area contributed by atoms with E-state index < -0.39 is 0 Å². The molecular formula is C10H17N3. The lowest BCUT2D eigenvalue weighted by atomic mass is 10.1. The molecule has 1 aromatic rings. The molecular weight excluding hydrogens is 162 g/mol. The molecule has 2 N–H and O–H groups in total. The van der Waals surface area contributed by atoms with Crippen LogP contribution in [0.25, 0.3) is 0 Å². The fraction of sp³-hybridized carbons (Fsp3) is 0.700. The van der Waals surface area contributed by atoms with Gasteiger partial charge in [-0.05, 0) is 26.2 Å². The van der Waals surface area contributed by atoms with Crippen LogP contribution in [-0.2, 0) is 6.54 Å². The number of rotatable bonds is 2. The summed E-state index contributed by atoms with van der Waals surface area (Å²) in [6, 6.07) is 0.395. The van der Waals surface area contributed by atoms with Crippen molar-refractivity contribution in [3.05, 3.63) is 18.2 Å². The number of nitrogens with two attached hydrogens (primary N) is 1. The zero-order chi connectivity index (χ0) is 9.26. The minimum absolute atomic E-state index is 0.395. The van der Waals surface area contributed by atoms with Crippen LogP contribution in [0.3, 0.4) is 0 Å². The lowest BCUT2D eigenvalue weighted by molar-refractivity contribution is 0.590. The zero-order valence-electron chi connectivity index (χ0n) is 8.11. The predicted molar refractivity (Wildman–Crippen MR) is 52.5 cm³/mol. The molecule has 0 unspecified atom stereocenters. The highest BCUT2D eigenvalue weighted by atomic mass is 15.1. The van der Waals surface area contributed by atoms with Gasteiger partial charge in [0.2, 0.25) is 0 Å². The van der Waals surface area contributed by atoms with Gasteiger partial charge >= 0.3 is 0 Å². The summed E-state index contributed by atoms with van der Waals surface area (Å²) in [4.78, 5) is 4.41. The molecule has 0 aliphatic heterocycles. The van der Waals surface area contributed by atoms with Gasteiger partial charge in [-0.25, -0.2) is 4.98 Å². The fourth-order valence-electron chi connectivity index (χ4n) is 2.20. The Morgan fingerprint density at radius 1 is 1.62 bits per heavy atom. The first kappa shape index (κ1) is 8.75. The lowest BCUT2D eigenvalue weighted by Gasteiger charge is -2.10. The van der Waals surface area contributed by atoms with Crippen LogP contribution < -0.4 is 5.73 Å². The maximum Gasteiger partial charge on any atom is 0.111 e. The third kappa shape index (κ3) is 1.61. The van der Waals surface area contributed by atoms with E-state index in [1.165, 1.54) is 12.2 Å². The highest BCUT2D eigenvalue weighted by molar-refractivity contribution is 5.04. The second kappa shape index (κ2) is 3.50. The van der Waals surface area contributed by atoms with E-state index in [9.17, 15) is 0 Å². The maximum absolute atomic E-state index is 5.89. The molecule has 3 heteroatoms. The predicted octanol–water partition coefficient (Wildman–Crippen LogP) is 1.50. The van der Waals surface area contributed by atoms with Gasteiger partial charge in [-0.15, -0.1) is 0 Å². The lowest BCUT2D eigenvalue weighted by Crippen LogP contribution is -2.15. The molecule has 1 aromatic heterocycles. The van der Waals surface area contributed by atoms with E-state index in [0.29, 0.717) is 12.0 Å². The number of hydrogen-bond acceptors (Lipinski definition) is 2. The second-order valence-corrected chi connectivity index (χ2v) is 3.84. The van der Waals surface area contributed by atoms with Gasteiger partial charge in [-0.1, -0.05) is 0 Å². The molecule has 0 aromatic carbocycles. The molecule has 2 rings (SSSR count). The molecule has 1 aliphatic rings. The van der Waals surface area contributed by atoms with Crippen LogP contribution in [0.1, 0.15) is 37.9 Å². The molecule has 1 saturated carbocycles. The summed E-state index contributed by atoms with van der Waals surface area (Å²) < 4.78 is 2.22. The Morgan fingerprint density at radius 3 is 3.08 bits per heavy atom. The average molecular weight is 179 g/mol. The van der Waals surface area contributed by atoms with Crippen LogP contribution in [0.4, 0.5) is 0 Å². The van der Waals surface area contributed by atoms with E-state index in [1.807, 2.05) is 6.20 Å². The first-order valence-corrected chi connectivity index (χ1v) is 5.08. The Bertz CT molecular complexity index is 279. The number of nitrogens with zero attached hydrogens (tertiary/aromatic N) is 2. The minimum atomic E-state index is 0.395. The van der Waals surface area contributed by atoms with E-state index in [2.05, 4.69) is 22.7 Å². The van der Waals surface area contributed by atoms with Gasteiger partial charge in [0.25, 0.3) is 0 Å². The minimum Gasteiger partial charge on any atom is -0.335 e. The number of imidazole rings is 1. The van der Waals surface area contributed by atoms with Gasteiger partial charge in [0.1, 0.15) is 5.82 Å². The molecule has 0 spiro atoms. The summed E-state index contributed by atoms with van der Waals surface area (Å²) in [5, 5.41) is 0. The molecule has 0 bridgehead atoms. The van der Waals surface area contributed by atoms with E-state index in [-0.39, 0.29) is 0 Å². The summed E-state index contributed by atoms with van der Waals surface area (Å²) in [6.07, 6.45) is 7.41. The highest BCUT2D eigenvalue weighted by Crippen LogP contribution is 2.32.